The van der Waals surface area contributed by atoms with E-state index in [1.54, 1.807) is 4.68 Å². The molecule has 136 valence electrons. The highest BCUT2D eigenvalue weighted by molar-refractivity contribution is 5.27. The number of β-amino-alcohol motifs (C(OH)–C–C–N with tert-alkyl or cyclic N) is 1. The molecule has 1 aliphatic rings. The molecule has 0 bridgehead atoms. The normalized spacial score (nSPS) is 19.7. The molecule has 1 aliphatic heterocycles. The minimum atomic E-state index is -0.529. The molecule has 0 amide bonds. The Bertz CT molecular complexity index is 656. The van der Waals surface area contributed by atoms with Crippen LogP contribution < -0.4 is 4.74 Å². The average molecular weight is 345 g/mol. The third kappa shape index (κ3) is 5.04. The average Bonchev–Trinajstić information content (AvgIpc) is 3.07. The second kappa shape index (κ2) is 8.47. The van der Waals surface area contributed by atoms with Crippen LogP contribution in [-0.2, 0) is 18.2 Å². The summed E-state index contributed by atoms with van der Waals surface area (Å²) in [6.45, 7) is 5.23. The van der Waals surface area contributed by atoms with Crippen LogP contribution in [0.3, 0.4) is 0 Å². The van der Waals surface area contributed by atoms with Crippen LogP contribution in [0.15, 0.2) is 36.7 Å². The standard InChI is InChI=1S/C19H27N3O3/c1-3-15-4-6-18(7-5-15)25-14-17(23)12-22-8-9-24-19(13-22)16-10-20-21(2)11-16/h4-7,10-11,17,19,23H,3,8-9,12-14H2,1-2H3. The molecule has 1 N–H and O–H groups in total. The zero-order valence-corrected chi connectivity index (χ0v) is 15.0. The molecule has 1 saturated heterocycles. The lowest BCUT2D eigenvalue weighted by Crippen LogP contribution is -2.43. The fraction of sp³-hybridized carbons (Fsp3) is 0.526. The summed E-state index contributed by atoms with van der Waals surface area (Å²) in [5.74, 6) is 0.798. The van der Waals surface area contributed by atoms with E-state index in [9.17, 15) is 5.11 Å². The maximum atomic E-state index is 10.3. The molecule has 1 aromatic carbocycles. The molecule has 0 spiro atoms. The lowest BCUT2D eigenvalue weighted by molar-refractivity contribution is -0.0459. The van der Waals surface area contributed by atoms with E-state index >= 15 is 0 Å². The summed E-state index contributed by atoms with van der Waals surface area (Å²) < 4.78 is 13.3. The number of aliphatic hydroxyl groups excluding tert-OH is 1. The third-order valence-corrected chi connectivity index (χ3v) is 4.49. The molecule has 6 heteroatoms. The van der Waals surface area contributed by atoms with E-state index < -0.39 is 6.10 Å². The number of rotatable bonds is 7. The quantitative estimate of drug-likeness (QED) is 0.829. The van der Waals surface area contributed by atoms with E-state index in [1.807, 2.05) is 31.6 Å². The van der Waals surface area contributed by atoms with Gasteiger partial charge in [0.1, 0.15) is 18.5 Å². The Balaban J connectivity index is 1.46. The Morgan fingerprint density at radius 2 is 2.16 bits per heavy atom. The van der Waals surface area contributed by atoms with Crippen LogP contribution in [0.2, 0.25) is 0 Å². The molecule has 3 rings (SSSR count). The lowest BCUT2D eigenvalue weighted by Gasteiger charge is -2.33. The minimum absolute atomic E-state index is 0.0113. The van der Waals surface area contributed by atoms with Crippen molar-refractivity contribution in [2.75, 3.05) is 32.8 Å². The fourth-order valence-corrected chi connectivity index (χ4v) is 3.04. The van der Waals surface area contributed by atoms with E-state index in [0.717, 1.165) is 30.8 Å². The van der Waals surface area contributed by atoms with Gasteiger partial charge in [0.05, 0.1) is 18.9 Å². The van der Waals surface area contributed by atoms with E-state index in [4.69, 9.17) is 9.47 Å². The van der Waals surface area contributed by atoms with Crippen LogP contribution in [0, 0.1) is 0 Å². The van der Waals surface area contributed by atoms with E-state index in [1.165, 1.54) is 5.56 Å². The number of morpholine rings is 1. The molecule has 2 atom stereocenters. The van der Waals surface area contributed by atoms with Gasteiger partial charge in [-0.05, 0) is 24.1 Å². The Labute approximate surface area is 149 Å². The van der Waals surface area contributed by atoms with Gasteiger partial charge in [-0.3, -0.25) is 9.58 Å². The van der Waals surface area contributed by atoms with Crippen molar-refractivity contribution in [3.8, 4) is 5.75 Å². The van der Waals surface area contributed by atoms with Gasteiger partial charge >= 0.3 is 0 Å². The summed E-state index contributed by atoms with van der Waals surface area (Å²) in [7, 11) is 1.90. The summed E-state index contributed by atoms with van der Waals surface area (Å²) in [4.78, 5) is 2.22. The maximum absolute atomic E-state index is 10.3. The van der Waals surface area contributed by atoms with Gasteiger partial charge in [-0.2, -0.15) is 5.10 Å². The monoisotopic (exact) mass is 345 g/mol. The number of nitrogens with zero attached hydrogens (tertiary/aromatic N) is 3. The number of ether oxygens (including phenoxy) is 2. The summed E-state index contributed by atoms with van der Waals surface area (Å²) in [6.07, 6.45) is 4.31. The maximum Gasteiger partial charge on any atom is 0.119 e. The molecule has 2 aromatic rings. The first kappa shape index (κ1) is 17.9. The number of aliphatic hydroxyl groups is 1. The molecule has 6 nitrogen and oxygen atoms in total. The van der Waals surface area contributed by atoms with Crippen molar-refractivity contribution in [2.24, 2.45) is 7.05 Å². The van der Waals surface area contributed by atoms with Gasteiger partial charge in [-0.1, -0.05) is 19.1 Å². The fourth-order valence-electron chi connectivity index (χ4n) is 3.04. The van der Waals surface area contributed by atoms with E-state index in [2.05, 4.69) is 29.1 Å². The first-order valence-corrected chi connectivity index (χ1v) is 8.86. The summed E-state index contributed by atoms with van der Waals surface area (Å²) in [5.41, 5.74) is 2.36. The number of aryl methyl sites for hydroxylation is 2. The largest absolute Gasteiger partial charge is 0.491 e. The van der Waals surface area contributed by atoms with Gasteiger partial charge in [0, 0.05) is 38.4 Å². The van der Waals surface area contributed by atoms with Crippen molar-refractivity contribution in [3.63, 3.8) is 0 Å². The Kier molecular flexibility index (Phi) is 6.07. The topological polar surface area (TPSA) is 59.8 Å². The first-order chi connectivity index (χ1) is 12.1. The number of hydrogen-bond donors (Lipinski definition) is 1. The smallest absolute Gasteiger partial charge is 0.119 e. The Morgan fingerprint density at radius 3 is 2.84 bits per heavy atom. The van der Waals surface area contributed by atoms with Gasteiger partial charge < -0.3 is 14.6 Å². The molecular weight excluding hydrogens is 318 g/mol. The summed E-state index contributed by atoms with van der Waals surface area (Å²) in [5, 5.41) is 14.5. The summed E-state index contributed by atoms with van der Waals surface area (Å²) in [6, 6.07) is 8.03. The lowest BCUT2D eigenvalue weighted by atomic mass is 10.1. The first-order valence-electron chi connectivity index (χ1n) is 8.86. The Morgan fingerprint density at radius 1 is 1.36 bits per heavy atom. The van der Waals surface area contributed by atoms with Crippen LogP contribution >= 0.6 is 0 Å². The predicted octanol–water partition coefficient (Wildman–Crippen LogP) is 1.80. The highest BCUT2D eigenvalue weighted by Crippen LogP contribution is 2.21. The van der Waals surface area contributed by atoms with E-state index in [-0.39, 0.29) is 6.10 Å². The zero-order valence-electron chi connectivity index (χ0n) is 15.0. The van der Waals surface area contributed by atoms with Crippen LogP contribution in [0.5, 0.6) is 5.75 Å². The summed E-state index contributed by atoms with van der Waals surface area (Å²) >= 11 is 0. The molecule has 2 unspecified atom stereocenters. The van der Waals surface area contributed by atoms with Gasteiger partial charge in [0.25, 0.3) is 0 Å². The van der Waals surface area contributed by atoms with Crippen LogP contribution in [0.1, 0.15) is 24.2 Å². The minimum Gasteiger partial charge on any atom is -0.491 e. The number of benzene rings is 1. The Hall–Kier alpha value is -1.89. The second-order valence-corrected chi connectivity index (χ2v) is 6.53. The van der Waals surface area contributed by atoms with Crippen molar-refractivity contribution < 1.29 is 14.6 Å². The third-order valence-electron chi connectivity index (χ3n) is 4.49. The van der Waals surface area contributed by atoms with Crippen molar-refractivity contribution in [2.45, 2.75) is 25.6 Å². The van der Waals surface area contributed by atoms with Gasteiger partial charge in [0.2, 0.25) is 0 Å². The van der Waals surface area contributed by atoms with Crippen LogP contribution in [0.4, 0.5) is 0 Å². The van der Waals surface area contributed by atoms with E-state index in [0.29, 0.717) is 19.8 Å². The molecule has 1 fully saturated rings. The molecule has 25 heavy (non-hydrogen) atoms. The van der Waals surface area contributed by atoms with Crippen LogP contribution in [0.25, 0.3) is 0 Å². The van der Waals surface area contributed by atoms with Crippen LogP contribution in [-0.4, -0.2) is 58.7 Å². The molecule has 0 radical (unpaired) electrons. The van der Waals surface area contributed by atoms with Gasteiger partial charge in [-0.25, -0.2) is 0 Å². The molecular formula is C19H27N3O3. The highest BCUT2D eigenvalue weighted by atomic mass is 16.5. The predicted molar refractivity (Wildman–Crippen MR) is 95.7 cm³/mol. The van der Waals surface area contributed by atoms with Crippen molar-refractivity contribution in [1.29, 1.82) is 0 Å². The molecule has 1 aromatic heterocycles. The molecule has 0 aliphatic carbocycles. The molecule has 2 heterocycles. The number of aromatic nitrogens is 2. The zero-order chi connectivity index (χ0) is 17.6. The SMILES string of the molecule is CCc1ccc(OCC(O)CN2CCOC(c3cnn(C)c3)C2)cc1. The molecule has 0 saturated carbocycles. The van der Waals surface area contributed by atoms with Gasteiger partial charge in [0.15, 0.2) is 0 Å². The second-order valence-electron chi connectivity index (χ2n) is 6.53. The van der Waals surface area contributed by atoms with Gasteiger partial charge in [-0.15, -0.1) is 0 Å². The van der Waals surface area contributed by atoms with Crippen molar-refractivity contribution in [3.05, 3.63) is 47.8 Å². The highest BCUT2D eigenvalue weighted by Gasteiger charge is 2.24. The van der Waals surface area contributed by atoms with Crippen molar-refractivity contribution in [1.82, 2.24) is 14.7 Å². The van der Waals surface area contributed by atoms with Crippen molar-refractivity contribution >= 4 is 0 Å². The number of hydrogen-bond acceptors (Lipinski definition) is 5.